The molecular weight excluding hydrogens is 214 g/mol. The summed E-state index contributed by atoms with van der Waals surface area (Å²) in [5.74, 6) is 0.361. The van der Waals surface area contributed by atoms with E-state index in [1.54, 1.807) is 0 Å². The molecule has 0 radical (unpaired) electrons. The van der Waals surface area contributed by atoms with Crippen molar-refractivity contribution in [2.75, 3.05) is 5.32 Å². The predicted molar refractivity (Wildman–Crippen MR) is 65.0 cm³/mol. The van der Waals surface area contributed by atoms with Crippen LogP contribution < -0.4 is 5.32 Å². The van der Waals surface area contributed by atoms with Crippen LogP contribution in [0.1, 0.15) is 36.8 Å². The van der Waals surface area contributed by atoms with Crippen LogP contribution in [0, 0.1) is 6.92 Å². The van der Waals surface area contributed by atoms with E-state index >= 15 is 0 Å². The van der Waals surface area contributed by atoms with Gasteiger partial charge in [-0.3, -0.25) is 9.59 Å². The third kappa shape index (κ3) is 1.35. The highest BCUT2D eigenvalue weighted by atomic mass is 16.2. The van der Waals surface area contributed by atoms with Crippen LogP contribution >= 0.6 is 0 Å². The van der Waals surface area contributed by atoms with Crippen LogP contribution in [0.4, 0.5) is 5.69 Å². The number of hydrogen-bond acceptors (Lipinski definition) is 2. The Labute approximate surface area is 100 Å². The summed E-state index contributed by atoms with van der Waals surface area (Å²) in [5, 5.41) is 2.96. The summed E-state index contributed by atoms with van der Waals surface area (Å²) in [4.78, 5) is 23.6. The van der Waals surface area contributed by atoms with Crippen LogP contribution in [0.5, 0.6) is 0 Å². The lowest BCUT2D eigenvalue weighted by Gasteiger charge is -2.31. The normalized spacial score (nSPS) is 21.5. The lowest BCUT2D eigenvalue weighted by atomic mass is 9.69. The molecule has 1 aromatic carbocycles. The fourth-order valence-electron chi connectivity index (χ4n) is 3.20. The number of aryl methyl sites for hydroxylation is 1. The molecule has 3 nitrogen and oxygen atoms in total. The monoisotopic (exact) mass is 229 g/mol. The summed E-state index contributed by atoms with van der Waals surface area (Å²) in [6.45, 7) is 2.04. The number of carbonyl (C=O) groups excluding carboxylic acids is 2. The number of amides is 1. The van der Waals surface area contributed by atoms with Gasteiger partial charge in [0.15, 0.2) is 0 Å². The molecule has 1 N–H and O–H groups in total. The highest BCUT2D eigenvalue weighted by Crippen LogP contribution is 2.47. The summed E-state index contributed by atoms with van der Waals surface area (Å²) in [5.41, 5.74) is 2.77. The van der Waals surface area contributed by atoms with Crippen molar-refractivity contribution in [1.29, 1.82) is 0 Å². The first kappa shape index (κ1) is 10.5. The fraction of sp³-hybridized carbons (Fsp3) is 0.429. The SMILES string of the molecule is Cc1cccc2c1C1(CCC(=O)CC1)C(=O)N2. The van der Waals surface area contributed by atoms with Crippen molar-refractivity contribution in [3.63, 3.8) is 0 Å². The molecule has 0 aromatic heterocycles. The van der Waals surface area contributed by atoms with Gasteiger partial charge >= 0.3 is 0 Å². The molecule has 0 atom stereocenters. The van der Waals surface area contributed by atoms with E-state index in [-0.39, 0.29) is 11.7 Å². The molecule has 1 amide bonds. The molecule has 0 unspecified atom stereocenters. The van der Waals surface area contributed by atoms with Crippen LogP contribution in [0.15, 0.2) is 18.2 Å². The first-order valence-corrected chi connectivity index (χ1v) is 6.07. The fourth-order valence-corrected chi connectivity index (χ4v) is 3.20. The molecule has 1 heterocycles. The Bertz CT molecular complexity index is 509. The Morgan fingerprint density at radius 1 is 1.18 bits per heavy atom. The van der Waals surface area contributed by atoms with Crippen molar-refractivity contribution in [1.82, 2.24) is 0 Å². The van der Waals surface area contributed by atoms with Crippen molar-refractivity contribution in [3.8, 4) is 0 Å². The van der Waals surface area contributed by atoms with Gasteiger partial charge in [0.05, 0.1) is 5.41 Å². The molecule has 88 valence electrons. The lowest BCUT2D eigenvalue weighted by Crippen LogP contribution is -2.38. The Morgan fingerprint density at radius 3 is 2.59 bits per heavy atom. The van der Waals surface area contributed by atoms with E-state index in [2.05, 4.69) is 5.32 Å². The van der Waals surface area contributed by atoms with E-state index in [9.17, 15) is 9.59 Å². The van der Waals surface area contributed by atoms with E-state index in [0.717, 1.165) is 16.8 Å². The number of nitrogens with one attached hydrogen (secondary N) is 1. The number of Topliss-reactive ketones (excluding diaryl/α,β-unsaturated/α-hetero) is 1. The van der Waals surface area contributed by atoms with Gasteiger partial charge in [-0.05, 0) is 37.0 Å². The molecular formula is C14H15NO2. The van der Waals surface area contributed by atoms with Gasteiger partial charge in [0.25, 0.3) is 0 Å². The van der Waals surface area contributed by atoms with Crippen molar-refractivity contribution < 1.29 is 9.59 Å². The molecule has 1 spiro atoms. The standard InChI is InChI=1S/C14H15NO2/c1-9-3-2-4-11-12(9)14(13(17)15-11)7-5-10(16)6-8-14/h2-4H,5-8H2,1H3,(H,15,17). The minimum atomic E-state index is -0.436. The largest absolute Gasteiger partial charge is 0.325 e. The van der Waals surface area contributed by atoms with Gasteiger partial charge < -0.3 is 5.32 Å². The molecule has 1 aliphatic carbocycles. The van der Waals surface area contributed by atoms with E-state index < -0.39 is 5.41 Å². The summed E-state index contributed by atoms with van der Waals surface area (Å²) >= 11 is 0. The Balaban J connectivity index is 2.13. The maximum absolute atomic E-state index is 12.2. The van der Waals surface area contributed by atoms with Crippen LogP contribution in [-0.4, -0.2) is 11.7 Å². The number of hydrogen-bond donors (Lipinski definition) is 1. The summed E-state index contributed by atoms with van der Waals surface area (Å²) in [6.07, 6.45) is 2.38. The highest BCUT2D eigenvalue weighted by Gasteiger charge is 2.49. The maximum atomic E-state index is 12.2. The Hall–Kier alpha value is -1.64. The average Bonchev–Trinajstić information content (AvgIpc) is 2.58. The minimum Gasteiger partial charge on any atom is -0.325 e. The zero-order chi connectivity index (χ0) is 12.0. The molecule has 2 aliphatic rings. The van der Waals surface area contributed by atoms with Gasteiger partial charge in [0.1, 0.15) is 5.78 Å². The third-order valence-electron chi connectivity index (χ3n) is 4.10. The van der Waals surface area contributed by atoms with Gasteiger partial charge in [-0.1, -0.05) is 12.1 Å². The van der Waals surface area contributed by atoms with Crippen molar-refractivity contribution >= 4 is 17.4 Å². The second-order valence-electron chi connectivity index (χ2n) is 5.07. The average molecular weight is 229 g/mol. The van der Waals surface area contributed by atoms with Gasteiger partial charge in [0, 0.05) is 18.5 Å². The Morgan fingerprint density at radius 2 is 1.88 bits per heavy atom. The number of rotatable bonds is 0. The van der Waals surface area contributed by atoms with E-state index in [0.29, 0.717) is 25.7 Å². The molecule has 1 saturated carbocycles. The summed E-state index contributed by atoms with van der Waals surface area (Å²) in [7, 11) is 0. The second kappa shape index (κ2) is 3.42. The predicted octanol–water partition coefficient (Wildman–Crippen LogP) is 2.33. The van der Waals surface area contributed by atoms with Crippen molar-refractivity contribution in [2.45, 2.75) is 38.0 Å². The molecule has 1 aromatic rings. The Kier molecular flexibility index (Phi) is 2.12. The first-order valence-electron chi connectivity index (χ1n) is 6.07. The summed E-state index contributed by atoms with van der Waals surface area (Å²) in [6, 6.07) is 5.95. The second-order valence-corrected chi connectivity index (χ2v) is 5.07. The van der Waals surface area contributed by atoms with E-state index in [1.807, 2.05) is 25.1 Å². The zero-order valence-electron chi connectivity index (χ0n) is 9.88. The van der Waals surface area contributed by atoms with Crippen LogP contribution in [0.3, 0.4) is 0 Å². The molecule has 3 heteroatoms. The van der Waals surface area contributed by atoms with Crippen molar-refractivity contribution in [2.24, 2.45) is 0 Å². The first-order chi connectivity index (χ1) is 8.13. The number of anilines is 1. The van der Waals surface area contributed by atoms with Crippen molar-refractivity contribution in [3.05, 3.63) is 29.3 Å². The topological polar surface area (TPSA) is 46.2 Å². The number of ketones is 1. The number of carbonyl (C=O) groups is 2. The quantitative estimate of drug-likeness (QED) is 0.742. The van der Waals surface area contributed by atoms with Crippen LogP contribution in [0.2, 0.25) is 0 Å². The molecule has 17 heavy (non-hydrogen) atoms. The maximum Gasteiger partial charge on any atom is 0.235 e. The van der Waals surface area contributed by atoms with Gasteiger partial charge in [-0.15, -0.1) is 0 Å². The highest BCUT2D eigenvalue weighted by molar-refractivity contribution is 6.07. The molecule has 3 rings (SSSR count). The molecule has 0 bridgehead atoms. The van der Waals surface area contributed by atoms with Gasteiger partial charge in [-0.2, -0.15) is 0 Å². The molecule has 1 fully saturated rings. The minimum absolute atomic E-state index is 0.0781. The van der Waals surface area contributed by atoms with Gasteiger partial charge in [-0.25, -0.2) is 0 Å². The number of fused-ring (bicyclic) bond motifs is 2. The molecule has 0 saturated heterocycles. The van der Waals surface area contributed by atoms with E-state index in [4.69, 9.17) is 0 Å². The van der Waals surface area contributed by atoms with Crippen LogP contribution in [0.25, 0.3) is 0 Å². The smallest absolute Gasteiger partial charge is 0.235 e. The van der Waals surface area contributed by atoms with Crippen LogP contribution in [-0.2, 0) is 15.0 Å². The number of benzene rings is 1. The third-order valence-corrected chi connectivity index (χ3v) is 4.10. The lowest BCUT2D eigenvalue weighted by molar-refractivity contribution is -0.126. The van der Waals surface area contributed by atoms with Gasteiger partial charge in [0.2, 0.25) is 5.91 Å². The van der Waals surface area contributed by atoms with E-state index in [1.165, 1.54) is 0 Å². The zero-order valence-corrected chi connectivity index (χ0v) is 9.88. The summed E-state index contributed by atoms with van der Waals surface area (Å²) < 4.78 is 0. The molecule has 1 aliphatic heterocycles.